The molecule has 0 aromatic carbocycles. The molecule has 2 unspecified atom stereocenters. The zero-order valence-corrected chi connectivity index (χ0v) is 9.11. The summed E-state index contributed by atoms with van der Waals surface area (Å²) in [4.78, 5) is 10.9. The zero-order chi connectivity index (χ0) is 10.1. The van der Waals surface area contributed by atoms with Crippen LogP contribution >= 0.6 is 9.24 Å². The number of unbranched alkanes of at least 4 members (excludes halogenated alkanes) is 1. The molecule has 0 bridgehead atoms. The van der Waals surface area contributed by atoms with E-state index in [1.807, 2.05) is 6.92 Å². The van der Waals surface area contributed by atoms with Gasteiger partial charge in [0, 0.05) is 6.54 Å². The standard InChI is InChI=1S/C8H18NO3P/c1-2-3-4-12-8(11)9-5-7(10)6-13/h7,10H,2-6,13H2,1H3,(H,9,11). The highest BCUT2D eigenvalue weighted by Gasteiger charge is 2.04. The summed E-state index contributed by atoms with van der Waals surface area (Å²) >= 11 is 0. The topological polar surface area (TPSA) is 58.6 Å². The average molecular weight is 207 g/mol. The van der Waals surface area contributed by atoms with Crippen LogP contribution in [0.15, 0.2) is 0 Å². The number of hydrogen-bond acceptors (Lipinski definition) is 3. The summed E-state index contributed by atoms with van der Waals surface area (Å²) < 4.78 is 4.81. The third-order valence-electron chi connectivity index (χ3n) is 1.49. The first-order valence-electron chi connectivity index (χ1n) is 4.49. The van der Waals surface area contributed by atoms with E-state index in [2.05, 4.69) is 14.6 Å². The first-order chi connectivity index (χ1) is 6.20. The summed E-state index contributed by atoms with van der Waals surface area (Å²) in [5, 5.41) is 11.6. The summed E-state index contributed by atoms with van der Waals surface area (Å²) in [6.45, 7) is 2.72. The molecule has 0 saturated heterocycles. The van der Waals surface area contributed by atoms with Gasteiger partial charge in [0.2, 0.25) is 0 Å². The summed E-state index contributed by atoms with van der Waals surface area (Å²) in [5.74, 6) is 0. The van der Waals surface area contributed by atoms with E-state index in [1.54, 1.807) is 0 Å². The van der Waals surface area contributed by atoms with Crippen molar-refractivity contribution in [3.8, 4) is 0 Å². The maximum Gasteiger partial charge on any atom is 0.407 e. The summed E-state index contributed by atoms with van der Waals surface area (Å²) in [5.41, 5.74) is 0. The van der Waals surface area contributed by atoms with Crippen molar-refractivity contribution in [3.63, 3.8) is 0 Å². The first kappa shape index (κ1) is 12.7. The minimum absolute atomic E-state index is 0.245. The lowest BCUT2D eigenvalue weighted by Gasteiger charge is -2.09. The number of rotatable bonds is 6. The van der Waals surface area contributed by atoms with Gasteiger partial charge in [0.15, 0.2) is 0 Å². The highest BCUT2D eigenvalue weighted by Crippen LogP contribution is 1.90. The maximum atomic E-state index is 10.9. The van der Waals surface area contributed by atoms with Crippen LogP contribution in [-0.4, -0.2) is 36.6 Å². The van der Waals surface area contributed by atoms with Crippen molar-refractivity contribution in [3.05, 3.63) is 0 Å². The predicted octanol–water partition coefficient (Wildman–Crippen LogP) is 0.749. The van der Waals surface area contributed by atoms with Gasteiger partial charge in [0.05, 0.1) is 12.7 Å². The first-order valence-corrected chi connectivity index (χ1v) is 5.31. The van der Waals surface area contributed by atoms with Crippen LogP contribution in [0, 0.1) is 0 Å². The number of nitrogens with one attached hydrogen (secondary N) is 1. The van der Waals surface area contributed by atoms with Gasteiger partial charge in [-0.3, -0.25) is 0 Å². The van der Waals surface area contributed by atoms with Crippen LogP contribution in [0.1, 0.15) is 19.8 Å². The molecule has 2 atom stereocenters. The fourth-order valence-electron chi connectivity index (χ4n) is 0.645. The number of amides is 1. The highest BCUT2D eigenvalue weighted by molar-refractivity contribution is 7.16. The van der Waals surface area contributed by atoms with Crippen LogP contribution in [-0.2, 0) is 4.74 Å². The summed E-state index contributed by atoms with van der Waals surface area (Å²) in [7, 11) is 2.40. The van der Waals surface area contributed by atoms with Gasteiger partial charge in [-0.1, -0.05) is 13.3 Å². The quantitative estimate of drug-likeness (QED) is 0.499. The van der Waals surface area contributed by atoms with Crippen molar-refractivity contribution >= 4 is 15.3 Å². The van der Waals surface area contributed by atoms with Gasteiger partial charge in [-0.25, -0.2) is 4.79 Å². The SMILES string of the molecule is CCCCOC(=O)NCC(O)CP. The fraction of sp³-hybridized carbons (Fsp3) is 0.875. The molecule has 0 aliphatic rings. The Balaban J connectivity index is 3.30. The number of ether oxygens (including phenoxy) is 1. The Morgan fingerprint density at radius 1 is 1.69 bits per heavy atom. The maximum absolute atomic E-state index is 10.9. The molecule has 5 heteroatoms. The van der Waals surface area contributed by atoms with Gasteiger partial charge in [0.1, 0.15) is 0 Å². The molecule has 0 rings (SSSR count). The number of hydrogen-bond donors (Lipinski definition) is 2. The van der Waals surface area contributed by atoms with Crippen LogP contribution in [0.2, 0.25) is 0 Å². The highest BCUT2D eigenvalue weighted by atomic mass is 31.0. The number of carbonyl (C=O) groups is 1. The zero-order valence-electron chi connectivity index (χ0n) is 7.95. The molecule has 0 radical (unpaired) electrons. The molecule has 4 nitrogen and oxygen atoms in total. The monoisotopic (exact) mass is 207 g/mol. The Bertz CT molecular complexity index is 143. The van der Waals surface area contributed by atoms with Gasteiger partial charge in [-0.15, -0.1) is 9.24 Å². The van der Waals surface area contributed by atoms with E-state index in [0.717, 1.165) is 12.8 Å². The van der Waals surface area contributed by atoms with Gasteiger partial charge >= 0.3 is 6.09 Å². The van der Waals surface area contributed by atoms with E-state index < -0.39 is 12.2 Å². The molecule has 0 saturated carbocycles. The van der Waals surface area contributed by atoms with Crippen LogP contribution in [0.5, 0.6) is 0 Å². The lowest BCUT2D eigenvalue weighted by atomic mass is 10.4. The Kier molecular flexibility index (Phi) is 8.05. The molecule has 0 aromatic rings. The van der Waals surface area contributed by atoms with E-state index in [0.29, 0.717) is 12.8 Å². The lowest BCUT2D eigenvalue weighted by Crippen LogP contribution is -2.33. The normalized spacial score (nSPS) is 12.2. The smallest absolute Gasteiger partial charge is 0.407 e. The van der Waals surface area contributed by atoms with Crippen molar-refractivity contribution < 1.29 is 14.6 Å². The molecule has 1 amide bonds. The van der Waals surface area contributed by atoms with Crippen molar-refractivity contribution in [2.45, 2.75) is 25.9 Å². The van der Waals surface area contributed by atoms with Gasteiger partial charge < -0.3 is 15.2 Å². The third-order valence-corrected chi connectivity index (χ3v) is 2.03. The van der Waals surface area contributed by atoms with Crippen LogP contribution < -0.4 is 5.32 Å². The van der Waals surface area contributed by atoms with E-state index in [9.17, 15) is 4.79 Å². The molecular formula is C8H18NO3P. The second kappa shape index (κ2) is 8.27. The number of carbonyl (C=O) groups excluding carboxylic acids is 1. The Labute approximate surface area is 81.2 Å². The molecule has 0 spiro atoms. The van der Waals surface area contributed by atoms with E-state index in [4.69, 9.17) is 9.84 Å². The van der Waals surface area contributed by atoms with Crippen LogP contribution in [0.25, 0.3) is 0 Å². The van der Waals surface area contributed by atoms with Crippen molar-refractivity contribution in [1.29, 1.82) is 0 Å². The van der Waals surface area contributed by atoms with Crippen LogP contribution in [0.4, 0.5) is 4.79 Å². The van der Waals surface area contributed by atoms with Crippen molar-refractivity contribution in [1.82, 2.24) is 5.32 Å². The number of alkyl carbamates (subject to hydrolysis) is 1. The van der Waals surface area contributed by atoms with Crippen molar-refractivity contribution in [2.75, 3.05) is 19.3 Å². The molecule has 13 heavy (non-hydrogen) atoms. The second-order valence-corrected chi connectivity index (χ2v) is 3.23. The molecular weight excluding hydrogens is 189 g/mol. The average Bonchev–Trinajstić information content (AvgIpc) is 2.14. The Morgan fingerprint density at radius 2 is 2.38 bits per heavy atom. The van der Waals surface area contributed by atoms with Crippen LogP contribution in [0.3, 0.4) is 0 Å². The molecule has 0 aliphatic carbocycles. The molecule has 0 fully saturated rings. The van der Waals surface area contributed by atoms with E-state index in [-0.39, 0.29) is 6.54 Å². The third kappa shape index (κ3) is 8.00. The number of aliphatic hydroxyl groups is 1. The van der Waals surface area contributed by atoms with Gasteiger partial charge in [0.25, 0.3) is 0 Å². The minimum Gasteiger partial charge on any atom is -0.450 e. The summed E-state index contributed by atoms with van der Waals surface area (Å²) in [6, 6.07) is 0. The van der Waals surface area contributed by atoms with Gasteiger partial charge in [-0.2, -0.15) is 0 Å². The molecule has 0 aromatic heterocycles. The molecule has 0 heterocycles. The lowest BCUT2D eigenvalue weighted by molar-refractivity contribution is 0.134. The minimum atomic E-state index is -0.510. The van der Waals surface area contributed by atoms with E-state index >= 15 is 0 Å². The Hall–Kier alpha value is -0.340. The van der Waals surface area contributed by atoms with E-state index in [1.165, 1.54) is 0 Å². The van der Waals surface area contributed by atoms with Gasteiger partial charge in [-0.05, 0) is 12.6 Å². The number of aliphatic hydroxyl groups excluding tert-OH is 1. The largest absolute Gasteiger partial charge is 0.450 e. The molecule has 2 N–H and O–H groups in total. The Morgan fingerprint density at radius 3 is 2.92 bits per heavy atom. The van der Waals surface area contributed by atoms with Crippen molar-refractivity contribution in [2.24, 2.45) is 0 Å². The molecule has 78 valence electrons. The fourth-order valence-corrected chi connectivity index (χ4v) is 0.811. The molecule has 0 aliphatic heterocycles. The second-order valence-electron chi connectivity index (χ2n) is 2.76. The summed E-state index contributed by atoms with van der Waals surface area (Å²) in [6.07, 6.45) is 1.46. The predicted molar refractivity (Wildman–Crippen MR) is 54.8 cm³/mol.